The van der Waals surface area contributed by atoms with Crippen molar-refractivity contribution in [1.82, 2.24) is 0 Å². The van der Waals surface area contributed by atoms with Crippen LogP contribution in [0.2, 0.25) is 0 Å². The number of carbonyl (C=O) groups excluding carboxylic acids is 2. The molecule has 0 bridgehead atoms. The maximum Gasteiger partial charge on any atom is 0.306 e. The highest BCUT2D eigenvalue weighted by Crippen LogP contribution is 2.14. The van der Waals surface area contributed by atoms with Crippen molar-refractivity contribution in [3.05, 3.63) is 0 Å². The average molecular weight is 385 g/mol. The lowest BCUT2D eigenvalue weighted by Crippen LogP contribution is -2.13. The average Bonchev–Trinajstić information content (AvgIpc) is 2.62. The second kappa shape index (κ2) is 18.3. The lowest BCUT2D eigenvalue weighted by molar-refractivity contribution is -0.147. The summed E-state index contributed by atoms with van der Waals surface area (Å²) < 4.78 is 10.5. The van der Waals surface area contributed by atoms with Gasteiger partial charge in [-0.3, -0.25) is 9.59 Å². The third-order valence-corrected chi connectivity index (χ3v) is 4.90. The summed E-state index contributed by atoms with van der Waals surface area (Å²) in [6, 6.07) is 0. The van der Waals surface area contributed by atoms with Gasteiger partial charge in [-0.2, -0.15) is 0 Å². The molecule has 0 amide bonds. The van der Waals surface area contributed by atoms with Gasteiger partial charge in [0.2, 0.25) is 0 Å². The van der Waals surface area contributed by atoms with Crippen LogP contribution in [-0.2, 0) is 19.1 Å². The first-order valence-electron chi connectivity index (χ1n) is 11.3. The van der Waals surface area contributed by atoms with Crippen molar-refractivity contribution in [2.24, 2.45) is 5.92 Å². The molecule has 0 aliphatic rings. The van der Waals surface area contributed by atoms with Crippen LogP contribution in [0.25, 0.3) is 0 Å². The van der Waals surface area contributed by atoms with E-state index in [1.54, 1.807) is 0 Å². The molecule has 160 valence electrons. The van der Waals surface area contributed by atoms with Crippen LogP contribution in [-0.4, -0.2) is 24.6 Å². The Kier molecular flexibility index (Phi) is 17.6. The first kappa shape index (κ1) is 25.9. The van der Waals surface area contributed by atoms with E-state index in [1.165, 1.54) is 44.9 Å². The van der Waals surface area contributed by atoms with Gasteiger partial charge in [0.05, 0.1) is 12.7 Å². The molecule has 0 N–H and O–H groups in total. The van der Waals surface area contributed by atoms with Crippen LogP contribution < -0.4 is 0 Å². The monoisotopic (exact) mass is 384 g/mol. The fraction of sp³-hybridized carbons (Fsp3) is 0.913. The Morgan fingerprint density at radius 1 is 0.741 bits per heavy atom. The van der Waals surface area contributed by atoms with E-state index in [2.05, 4.69) is 13.8 Å². The van der Waals surface area contributed by atoms with E-state index < -0.39 is 0 Å². The van der Waals surface area contributed by atoms with Gasteiger partial charge in [0.15, 0.2) is 0 Å². The fourth-order valence-electron chi connectivity index (χ4n) is 3.10. The van der Waals surface area contributed by atoms with E-state index in [4.69, 9.17) is 9.47 Å². The van der Waals surface area contributed by atoms with Crippen LogP contribution in [0, 0.1) is 5.92 Å². The first-order chi connectivity index (χ1) is 13.0. The van der Waals surface area contributed by atoms with Crippen molar-refractivity contribution in [2.45, 2.75) is 124 Å². The molecule has 0 aromatic rings. The number of esters is 2. The summed E-state index contributed by atoms with van der Waals surface area (Å²) in [4.78, 5) is 23.2. The van der Waals surface area contributed by atoms with Crippen LogP contribution in [0.15, 0.2) is 0 Å². The van der Waals surface area contributed by atoms with Crippen molar-refractivity contribution < 1.29 is 19.1 Å². The van der Waals surface area contributed by atoms with Gasteiger partial charge >= 0.3 is 11.9 Å². The molecule has 0 aromatic carbocycles. The van der Waals surface area contributed by atoms with Crippen LogP contribution >= 0.6 is 0 Å². The fourth-order valence-corrected chi connectivity index (χ4v) is 3.10. The molecule has 0 saturated heterocycles. The number of ether oxygens (including phenoxy) is 2. The van der Waals surface area contributed by atoms with Gasteiger partial charge in [0, 0.05) is 12.8 Å². The summed E-state index contributed by atoms with van der Waals surface area (Å²) in [5.74, 6) is 0.423. The zero-order valence-corrected chi connectivity index (χ0v) is 18.4. The molecule has 4 nitrogen and oxygen atoms in total. The highest BCUT2D eigenvalue weighted by Gasteiger charge is 2.10. The van der Waals surface area contributed by atoms with E-state index in [1.807, 2.05) is 13.8 Å². The molecule has 1 unspecified atom stereocenters. The summed E-state index contributed by atoms with van der Waals surface area (Å²) in [7, 11) is 0. The van der Waals surface area contributed by atoms with E-state index in [9.17, 15) is 9.59 Å². The summed E-state index contributed by atoms with van der Waals surface area (Å²) in [5, 5.41) is 0. The minimum Gasteiger partial charge on any atom is -0.465 e. The molecular weight excluding hydrogens is 340 g/mol. The van der Waals surface area contributed by atoms with Gasteiger partial charge in [-0.15, -0.1) is 0 Å². The van der Waals surface area contributed by atoms with Crippen LogP contribution in [0.5, 0.6) is 0 Å². The molecule has 4 heteroatoms. The Bertz CT molecular complexity index is 365. The molecule has 0 radical (unpaired) electrons. The van der Waals surface area contributed by atoms with Crippen LogP contribution in [0.4, 0.5) is 0 Å². The maximum absolute atomic E-state index is 11.8. The second-order valence-corrected chi connectivity index (χ2v) is 7.97. The maximum atomic E-state index is 11.8. The Morgan fingerprint density at radius 3 is 1.74 bits per heavy atom. The third kappa shape index (κ3) is 18.1. The van der Waals surface area contributed by atoms with Gasteiger partial charge in [-0.25, -0.2) is 0 Å². The van der Waals surface area contributed by atoms with Crippen molar-refractivity contribution in [3.8, 4) is 0 Å². The second-order valence-electron chi connectivity index (χ2n) is 7.97. The lowest BCUT2D eigenvalue weighted by Gasteiger charge is -2.14. The zero-order chi connectivity index (χ0) is 20.3. The topological polar surface area (TPSA) is 52.6 Å². The Labute approximate surface area is 167 Å². The highest BCUT2D eigenvalue weighted by molar-refractivity contribution is 5.69. The number of rotatable bonds is 18. The minimum atomic E-state index is -0.0764. The summed E-state index contributed by atoms with van der Waals surface area (Å²) >= 11 is 0. The molecular formula is C23H44O4. The molecule has 27 heavy (non-hydrogen) atoms. The molecule has 0 aliphatic heterocycles. The molecule has 1 atom stereocenters. The van der Waals surface area contributed by atoms with Crippen LogP contribution in [0.3, 0.4) is 0 Å². The van der Waals surface area contributed by atoms with Crippen molar-refractivity contribution in [2.75, 3.05) is 6.61 Å². The Morgan fingerprint density at radius 2 is 1.26 bits per heavy atom. The zero-order valence-electron chi connectivity index (χ0n) is 18.4. The minimum absolute atomic E-state index is 0.0103. The third-order valence-electron chi connectivity index (χ3n) is 4.90. The number of hydrogen-bond donors (Lipinski definition) is 0. The van der Waals surface area contributed by atoms with E-state index in [0.717, 1.165) is 32.1 Å². The normalized spacial score (nSPS) is 12.2. The Balaban J connectivity index is 3.41. The molecule has 0 aromatic heterocycles. The van der Waals surface area contributed by atoms with Gasteiger partial charge in [-0.05, 0) is 39.0 Å². The molecule has 0 spiro atoms. The predicted octanol–water partition coefficient (Wildman–Crippen LogP) is 6.60. The number of unbranched alkanes of at least 4 members (excludes halogenated alkanes) is 8. The predicted molar refractivity (Wildman–Crippen MR) is 112 cm³/mol. The van der Waals surface area contributed by atoms with Crippen molar-refractivity contribution >= 4 is 11.9 Å². The van der Waals surface area contributed by atoms with E-state index in [0.29, 0.717) is 25.4 Å². The molecule has 0 aliphatic carbocycles. The molecule has 0 heterocycles. The summed E-state index contributed by atoms with van der Waals surface area (Å²) in [5.41, 5.74) is 0. The van der Waals surface area contributed by atoms with Crippen molar-refractivity contribution in [3.63, 3.8) is 0 Å². The number of hydrogen-bond acceptors (Lipinski definition) is 4. The van der Waals surface area contributed by atoms with Gasteiger partial charge in [0.25, 0.3) is 0 Å². The standard InChI is InChI=1S/C23H44O4/c1-5-7-16-21(6-2)19-26-22(24)17-14-12-10-8-9-11-13-15-18-23(25)27-20(3)4/h20-21H,5-19H2,1-4H3. The van der Waals surface area contributed by atoms with Crippen LogP contribution in [0.1, 0.15) is 118 Å². The van der Waals surface area contributed by atoms with Gasteiger partial charge in [-0.1, -0.05) is 71.6 Å². The van der Waals surface area contributed by atoms with Gasteiger partial charge in [0.1, 0.15) is 0 Å². The molecule has 0 saturated carbocycles. The quantitative estimate of drug-likeness (QED) is 0.197. The van der Waals surface area contributed by atoms with E-state index in [-0.39, 0.29) is 18.0 Å². The summed E-state index contributed by atoms with van der Waals surface area (Å²) in [6.07, 6.45) is 14.6. The first-order valence-corrected chi connectivity index (χ1v) is 11.3. The van der Waals surface area contributed by atoms with Gasteiger partial charge < -0.3 is 9.47 Å². The highest BCUT2D eigenvalue weighted by atomic mass is 16.5. The van der Waals surface area contributed by atoms with E-state index >= 15 is 0 Å². The Hall–Kier alpha value is -1.06. The van der Waals surface area contributed by atoms with Crippen molar-refractivity contribution in [1.29, 1.82) is 0 Å². The SMILES string of the molecule is CCCCC(CC)COC(=O)CCCCCCCCCCC(=O)OC(C)C. The summed E-state index contributed by atoms with van der Waals surface area (Å²) in [6.45, 7) is 8.73. The largest absolute Gasteiger partial charge is 0.465 e. The smallest absolute Gasteiger partial charge is 0.306 e. The number of carbonyl (C=O) groups is 2. The molecule has 0 fully saturated rings. The lowest BCUT2D eigenvalue weighted by atomic mass is 10.0. The molecule has 0 rings (SSSR count).